The van der Waals surface area contributed by atoms with E-state index in [0.29, 0.717) is 18.2 Å². The van der Waals surface area contributed by atoms with Crippen molar-refractivity contribution in [1.82, 2.24) is 10.2 Å². The van der Waals surface area contributed by atoms with Crippen LogP contribution in [0.4, 0.5) is 0 Å². The zero-order valence-electron chi connectivity index (χ0n) is 11.9. The molecule has 0 spiro atoms. The molecule has 2 aliphatic heterocycles. The summed E-state index contributed by atoms with van der Waals surface area (Å²) < 4.78 is 5.89. The summed E-state index contributed by atoms with van der Waals surface area (Å²) in [7, 11) is 0. The van der Waals surface area contributed by atoms with Crippen molar-refractivity contribution in [2.45, 2.75) is 58.0 Å². The Hall–Kier alpha value is -0.420. The molecule has 2 saturated heterocycles. The fraction of sp³-hybridized carbons (Fsp3) is 0.733. The van der Waals surface area contributed by atoms with Crippen LogP contribution in [0.2, 0.25) is 0 Å². The van der Waals surface area contributed by atoms with Gasteiger partial charge in [-0.25, -0.2) is 0 Å². The van der Waals surface area contributed by atoms with E-state index in [9.17, 15) is 0 Å². The molecule has 0 amide bonds. The maximum Gasteiger partial charge on any atom is 0.0707 e. The van der Waals surface area contributed by atoms with E-state index in [1.165, 1.54) is 22.6 Å². The van der Waals surface area contributed by atoms with Crippen molar-refractivity contribution in [2.75, 3.05) is 13.1 Å². The molecule has 0 saturated carbocycles. The molecule has 1 N–H and O–H groups in total. The number of hydrogen-bond acceptors (Lipinski definition) is 4. The van der Waals surface area contributed by atoms with E-state index in [1.54, 1.807) is 0 Å². The van der Waals surface area contributed by atoms with Crippen molar-refractivity contribution in [3.8, 4) is 0 Å². The third-order valence-corrected chi connectivity index (χ3v) is 4.97. The van der Waals surface area contributed by atoms with Crippen LogP contribution in [0, 0.1) is 0 Å². The molecule has 1 aromatic rings. The molecule has 106 valence electrons. The van der Waals surface area contributed by atoms with E-state index in [-0.39, 0.29) is 0 Å². The number of thiophene rings is 1. The average Bonchev–Trinajstić information content (AvgIpc) is 2.94. The molecular formula is C15H24N2OS. The number of ether oxygens (including phenoxy) is 1. The summed E-state index contributed by atoms with van der Waals surface area (Å²) in [5.41, 5.74) is 0. The molecule has 0 aromatic carbocycles. The van der Waals surface area contributed by atoms with Crippen LogP contribution in [-0.2, 0) is 17.8 Å². The largest absolute Gasteiger partial charge is 0.372 e. The molecule has 2 atom stereocenters. The predicted octanol–water partition coefficient (Wildman–Crippen LogP) is 2.61. The van der Waals surface area contributed by atoms with E-state index < -0.39 is 0 Å². The summed E-state index contributed by atoms with van der Waals surface area (Å²) in [6.45, 7) is 8.72. The first kappa shape index (κ1) is 13.6. The lowest BCUT2D eigenvalue weighted by molar-refractivity contribution is -0.0407. The van der Waals surface area contributed by atoms with Crippen LogP contribution >= 0.6 is 11.3 Å². The van der Waals surface area contributed by atoms with E-state index >= 15 is 0 Å². The van der Waals surface area contributed by atoms with E-state index in [2.05, 4.69) is 36.2 Å². The first-order valence-electron chi connectivity index (χ1n) is 7.38. The third-order valence-electron chi connectivity index (χ3n) is 3.90. The van der Waals surface area contributed by atoms with Gasteiger partial charge >= 0.3 is 0 Å². The van der Waals surface area contributed by atoms with Gasteiger partial charge in [0.15, 0.2) is 0 Å². The molecular weight excluding hydrogens is 256 g/mol. The second-order valence-corrected chi connectivity index (χ2v) is 7.31. The predicted molar refractivity (Wildman–Crippen MR) is 79.5 cm³/mol. The van der Waals surface area contributed by atoms with Crippen LogP contribution in [0.3, 0.4) is 0 Å². The number of hydrogen-bond donors (Lipinski definition) is 1. The highest BCUT2D eigenvalue weighted by Crippen LogP contribution is 2.28. The fourth-order valence-electron chi connectivity index (χ4n) is 2.96. The van der Waals surface area contributed by atoms with Gasteiger partial charge in [0.2, 0.25) is 0 Å². The number of nitrogens with one attached hydrogen (secondary N) is 1. The van der Waals surface area contributed by atoms with Crippen LogP contribution in [0.5, 0.6) is 0 Å². The van der Waals surface area contributed by atoms with Gasteiger partial charge in [0.25, 0.3) is 0 Å². The van der Waals surface area contributed by atoms with Gasteiger partial charge in [-0.15, -0.1) is 11.3 Å². The normalized spacial score (nSPS) is 27.3. The Labute approximate surface area is 119 Å². The zero-order chi connectivity index (χ0) is 13.2. The number of nitrogens with zero attached hydrogens (tertiary/aromatic N) is 1. The molecule has 3 nitrogen and oxygen atoms in total. The Balaban J connectivity index is 1.52. The van der Waals surface area contributed by atoms with Crippen LogP contribution in [0.1, 0.15) is 36.4 Å². The summed E-state index contributed by atoms with van der Waals surface area (Å²) in [5.74, 6) is 0. The maximum atomic E-state index is 5.89. The number of rotatable bonds is 5. The Morgan fingerprint density at radius 2 is 1.95 bits per heavy atom. The van der Waals surface area contributed by atoms with Crippen molar-refractivity contribution in [3.63, 3.8) is 0 Å². The van der Waals surface area contributed by atoms with Crippen LogP contribution in [0.25, 0.3) is 0 Å². The van der Waals surface area contributed by atoms with Crippen molar-refractivity contribution >= 4 is 11.3 Å². The number of morpholine rings is 1. The van der Waals surface area contributed by atoms with Crippen molar-refractivity contribution in [3.05, 3.63) is 21.9 Å². The first-order valence-corrected chi connectivity index (χ1v) is 8.19. The topological polar surface area (TPSA) is 24.5 Å². The van der Waals surface area contributed by atoms with Gasteiger partial charge in [-0.05, 0) is 25.0 Å². The highest BCUT2D eigenvalue weighted by Gasteiger charge is 2.33. The lowest BCUT2D eigenvalue weighted by Crippen LogP contribution is -2.41. The van der Waals surface area contributed by atoms with Crippen molar-refractivity contribution in [1.29, 1.82) is 0 Å². The minimum atomic E-state index is 0.501. The van der Waals surface area contributed by atoms with Crippen LogP contribution in [0.15, 0.2) is 12.1 Å². The van der Waals surface area contributed by atoms with Gasteiger partial charge in [0, 0.05) is 42.0 Å². The maximum absolute atomic E-state index is 5.89. The highest BCUT2D eigenvalue weighted by molar-refractivity contribution is 7.11. The second-order valence-electron chi connectivity index (χ2n) is 6.06. The number of likely N-dealkylation sites (tertiary alicyclic amines) is 1. The lowest BCUT2D eigenvalue weighted by atomic mass is 10.2. The summed E-state index contributed by atoms with van der Waals surface area (Å²) in [5, 5.41) is 3.48. The van der Waals surface area contributed by atoms with Gasteiger partial charge in [0.1, 0.15) is 0 Å². The van der Waals surface area contributed by atoms with Crippen LogP contribution < -0.4 is 5.32 Å². The van der Waals surface area contributed by atoms with Gasteiger partial charge in [0.05, 0.1) is 12.2 Å². The molecule has 0 aliphatic carbocycles. The molecule has 2 fully saturated rings. The molecule has 0 radical (unpaired) electrons. The minimum Gasteiger partial charge on any atom is -0.372 e. The SMILES string of the molecule is CC(C)NCc1ccc(CN2CC3CCC(C2)O3)s1. The Bertz CT molecular complexity index is 406. The zero-order valence-corrected chi connectivity index (χ0v) is 12.7. The Kier molecular flexibility index (Phi) is 4.22. The molecule has 3 heterocycles. The summed E-state index contributed by atoms with van der Waals surface area (Å²) in [4.78, 5) is 5.50. The summed E-state index contributed by atoms with van der Waals surface area (Å²) >= 11 is 1.95. The van der Waals surface area contributed by atoms with Crippen molar-refractivity contribution in [2.24, 2.45) is 0 Å². The van der Waals surface area contributed by atoms with E-state index in [1.807, 2.05) is 11.3 Å². The second kappa shape index (κ2) is 5.92. The molecule has 1 aromatic heterocycles. The molecule has 2 aliphatic rings. The number of fused-ring (bicyclic) bond motifs is 2. The third kappa shape index (κ3) is 3.57. The van der Waals surface area contributed by atoms with E-state index in [0.717, 1.165) is 26.2 Å². The summed E-state index contributed by atoms with van der Waals surface area (Å²) in [6, 6.07) is 5.12. The van der Waals surface area contributed by atoms with E-state index in [4.69, 9.17) is 4.74 Å². The fourth-order valence-corrected chi connectivity index (χ4v) is 3.97. The molecule has 2 unspecified atom stereocenters. The molecule has 2 bridgehead atoms. The van der Waals surface area contributed by atoms with Crippen LogP contribution in [-0.4, -0.2) is 36.2 Å². The highest BCUT2D eigenvalue weighted by atomic mass is 32.1. The Morgan fingerprint density at radius 3 is 2.63 bits per heavy atom. The van der Waals surface area contributed by atoms with Gasteiger partial charge in [-0.2, -0.15) is 0 Å². The molecule has 4 heteroatoms. The average molecular weight is 280 g/mol. The Morgan fingerprint density at radius 1 is 1.26 bits per heavy atom. The quantitative estimate of drug-likeness (QED) is 0.897. The van der Waals surface area contributed by atoms with Crippen molar-refractivity contribution < 1.29 is 4.74 Å². The summed E-state index contributed by atoms with van der Waals surface area (Å²) in [6.07, 6.45) is 3.52. The smallest absolute Gasteiger partial charge is 0.0707 e. The molecule has 3 rings (SSSR count). The minimum absolute atomic E-state index is 0.501. The standard InChI is InChI=1S/C15H24N2OS/c1-11(2)16-7-14-5-6-15(19-14)10-17-8-12-3-4-13(9-17)18-12/h5-6,11-13,16H,3-4,7-10H2,1-2H3. The lowest BCUT2D eigenvalue weighted by Gasteiger charge is -2.31. The monoisotopic (exact) mass is 280 g/mol. The van der Waals surface area contributed by atoms with Gasteiger partial charge in [-0.1, -0.05) is 13.8 Å². The van der Waals surface area contributed by atoms with Gasteiger partial charge in [-0.3, -0.25) is 4.90 Å². The van der Waals surface area contributed by atoms with Gasteiger partial charge < -0.3 is 10.1 Å². The molecule has 19 heavy (non-hydrogen) atoms. The first-order chi connectivity index (χ1) is 9.19.